The first-order valence-electron chi connectivity index (χ1n) is 10.5. The number of ether oxygens (including phenoxy) is 2. The first-order valence-corrected chi connectivity index (χ1v) is 11.5. The van der Waals surface area contributed by atoms with Crippen LogP contribution in [0.5, 0.6) is 5.75 Å². The van der Waals surface area contributed by atoms with Crippen molar-refractivity contribution in [3.63, 3.8) is 0 Å². The van der Waals surface area contributed by atoms with E-state index >= 15 is 0 Å². The van der Waals surface area contributed by atoms with Gasteiger partial charge in [-0.3, -0.25) is 9.36 Å². The first kappa shape index (κ1) is 23.8. The van der Waals surface area contributed by atoms with Crippen LogP contribution in [0.3, 0.4) is 0 Å². The number of carbonyl (C=O) groups is 1. The second-order valence-electron chi connectivity index (χ2n) is 7.80. The fourth-order valence-electron chi connectivity index (χ4n) is 3.43. The Bertz CT molecular complexity index is 1030. The van der Waals surface area contributed by atoms with Crippen LogP contribution in [0.1, 0.15) is 32.3 Å². The summed E-state index contributed by atoms with van der Waals surface area (Å²) >= 11 is 1.37. The molecule has 0 saturated carbocycles. The van der Waals surface area contributed by atoms with Crippen molar-refractivity contribution in [3.8, 4) is 22.8 Å². The van der Waals surface area contributed by atoms with Gasteiger partial charge in [-0.1, -0.05) is 43.8 Å². The number of thioether (sulfide) groups is 1. The first-order chi connectivity index (χ1) is 15.4. The molecule has 3 aromatic rings. The van der Waals surface area contributed by atoms with Gasteiger partial charge in [0.05, 0.1) is 25.2 Å². The third-order valence-electron chi connectivity index (χ3n) is 4.94. The minimum atomic E-state index is -0.0720. The highest BCUT2D eigenvalue weighted by molar-refractivity contribution is 7.99. The number of hydrogen-bond acceptors (Lipinski definition) is 6. The van der Waals surface area contributed by atoms with Crippen LogP contribution in [0.15, 0.2) is 53.7 Å². The van der Waals surface area contributed by atoms with Crippen LogP contribution < -0.4 is 10.1 Å². The van der Waals surface area contributed by atoms with Gasteiger partial charge in [0, 0.05) is 18.7 Å². The summed E-state index contributed by atoms with van der Waals surface area (Å²) in [5.74, 6) is 1.97. The minimum absolute atomic E-state index is 0.0532. The van der Waals surface area contributed by atoms with Crippen molar-refractivity contribution in [1.29, 1.82) is 0 Å². The maximum absolute atomic E-state index is 12.4. The number of methoxy groups -OCH3 is 2. The summed E-state index contributed by atoms with van der Waals surface area (Å²) in [6.07, 6.45) is 0. The Kier molecular flexibility index (Phi) is 8.30. The lowest BCUT2D eigenvalue weighted by Gasteiger charge is -2.17. The predicted octanol–water partition coefficient (Wildman–Crippen LogP) is 4.31. The van der Waals surface area contributed by atoms with Gasteiger partial charge in [-0.25, -0.2) is 0 Å². The quantitative estimate of drug-likeness (QED) is 0.460. The van der Waals surface area contributed by atoms with Crippen LogP contribution >= 0.6 is 11.8 Å². The molecule has 1 atom stereocenters. The molecule has 1 N–H and O–H groups in total. The number of carbonyl (C=O) groups excluding carboxylic acids is 1. The lowest BCUT2D eigenvalue weighted by Crippen LogP contribution is -2.36. The lowest BCUT2D eigenvalue weighted by atomic mass is 10.0. The number of benzene rings is 2. The molecule has 2 aromatic carbocycles. The molecule has 0 aliphatic carbocycles. The molecular formula is C24H30N4O3S. The van der Waals surface area contributed by atoms with Gasteiger partial charge in [0.2, 0.25) is 5.91 Å². The molecule has 8 heteroatoms. The summed E-state index contributed by atoms with van der Waals surface area (Å²) in [7, 11) is 3.26. The van der Waals surface area contributed by atoms with Gasteiger partial charge >= 0.3 is 0 Å². The molecule has 0 bridgehead atoms. The molecule has 0 saturated heterocycles. The van der Waals surface area contributed by atoms with Crippen LogP contribution in [0.4, 0.5) is 0 Å². The smallest absolute Gasteiger partial charge is 0.230 e. The largest absolute Gasteiger partial charge is 0.497 e. The van der Waals surface area contributed by atoms with Gasteiger partial charge in [0.1, 0.15) is 5.75 Å². The van der Waals surface area contributed by atoms with E-state index in [0.717, 1.165) is 22.8 Å². The maximum Gasteiger partial charge on any atom is 0.230 e. The van der Waals surface area contributed by atoms with E-state index in [2.05, 4.69) is 41.5 Å². The van der Waals surface area contributed by atoms with E-state index in [1.807, 2.05) is 47.9 Å². The topological polar surface area (TPSA) is 78.3 Å². The summed E-state index contributed by atoms with van der Waals surface area (Å²) in [5.41, 5.74) is 3.11. The van der Waals surface area contributed by atoms with Crippen molar-refractivity contribution in [2.75, 3.05) is 26.6 Å². The molecule has 0 fully saturated rings. The number of nitrogens with one attached hydrogen (secondary N) is 1. The zero-order valence-corrected chi connectivity index (χ0v) is 20.0. The lowest BCUT2D eigenvalue weighted by molar-refractivity contribution is -0.119. The second-order valence-corrected chi connectivity index (χ2v) is 8.74. The van der Waals surface area contributed by atoms with Crippen molar-refractivity contribution >= 4 is 17.7 Å². The average molecular weight is 455 g/mol. The molecule has 0 aliphatic rings. The normalized spacial score (nSPS) is 12.1. The van der Waals surface area contributed by atoms with Crippen molar-refractivity contribution in [2.24, 2.45) is 0 Å². The highest BCUT2D eigenvalue weighted by Gasteiger charge is 2.20. The van der Waals surface area contributed by atoms with E-state index in [1.54, 1.807) is 14.2 Å². The van der Waals surface area contributed by atoms with Crippen LogP contribution in [-0.4, -0.2) is 53.3 Å². The molecule has 32 heavy (non-hydrogen) atoms. The number of hydrogen-bond donors (Lipinski definition) is 1. The van der Waals surface area contributed by atoms with Crippen molar-refractivity contribution < 1.29 is 14.3 Å². The van der Waals surface area contributed by atoms with E-state index < -0.39 is 0 Å². The zero-order chi connectivity index (χ0) is 23.1. The second kappa shape index (κ2) is 11.2. The van der Waals surface area contributed by atoms with Gasteiger partial charge in [0.15, 0.2) is 11.0 Å². The van der Waals surface area contributed by atoms with E-state index in [9.17, 15) is 4.79 Å². The molecular weight excluding hydrogens is 424 g/mol. The Labute approximate surface area is 193 Å². The fourth-order valence-corrected chi connectivity index (χ4v) is 4.18. The summed E-state index contributed by atoms with van der Waals surface area (Å²) in [6, 6.07) is 15.9. The molecule has 1 amide bonds. The van der Waals surface area contributed by atoms with Crippen LogP contribution in [0, 0.1) is 0 Å². The average Bonchev–Trinajstić information content (AvgIpc) is 3.21. The highest BCUT2D eigenvalue weighted by Crippen LogP contribution is 2.32. The van der Waals surface area contributed by atoms with Gasteiger partial charge < -0.3 is 14.8 Å². The van der Waals surface area contributed by atoms with E-state index in [1.165, 1.54) is 17.3 Å². The van der Waals surface area contributed by atoms with E-state index in [4.69, 9.17) is 9.47 Å². The molecule has 170 valence electrons. The molecule has 0 spiro atoms. The minimum Gasteiger partial charge on any atom is -0.497 e. The molecule has 7 nitrogen and oxygen atoms in total. The van der Waals surface area contributed by atoms with E-state index in [0.29, 0.717) is 17.7 Å². The maximum atomic E-state index is 12.4. The number of para-hydroxylation sites is 1. The molecule has 1 aromatic heterocycles. The SMILES string of the molecule is COCC(C)NC(=O)CSc1nnc(-c2ccc(OC)cc2)n1-c1ccccc1C(C)C. The van der Waals surface area contributed by atoms with Gasteiger partial charge in [-0.2, -0.15) is 0 Å². The van der Waals surface area contributed by atoms with Crippen molar-refractivity contribution in [1.82, 2.24) is 20.1 Å². The Balaban J connectivity index is 1.97. The fraction of sp³-hybridized carbons (Fsp3) is 0.375. The molecule has 1 unspecified atom stereocenters. The zero-order valence-electron chi connectivity index (χ0n) is 19.2. The number of nitrogens with zero attached hydrogens (tertiary/aromatic N) is 3. The molecule has 3 rings (SSSR count). The third-order valence-corrected chi connectivity index (χ3v) is 5.87. The van der Waals surface area contributed by atoms with Crippen LogP contribution in [0.2, 0.25) is 0 Å². The standard InChI is InChI=1S/C24H30N4O3S/c1-16(2)20-8-6-7-9-21(20)28-23(18-10-12-19(31-5)13-11-18)26-27-24(28)32-15-22(29)25-17(3)14-30-4/h6-13,16-17H,14-15H2,1-5H3,(H,25,29). The Morgan fingerprint density at radius 1 is 1.06 bits per heavy atom. The summed E-state index contributed by atoms with van der Waals surface area (Å²) in [6.45, 7) is 6.70. The van der Waals surface area contributed by atoms with E-state index in [-0.39, 0.29) is 17.7 Å². The Morgan fingerprint density at radius 3 is 2.44 bits per heavy atom. The van der Waals surface area contributed by atoms with Crippen molar-refractivity contribution in [2.45, 2.75) is 37.9 Å². The summed E-state index contributed by atoms with van der Waals surface area (Å²) in [5, 5.41) is 12.5. The number of amides is 1. The summed E-state index contributed by atoms with van der Waals surface area (Å²) in [4.78, 5) is 12.4. The van der Waals surface area contributed by atoms with Crippen molar-refractivity contribution in [3.05, 3.63) is 54.1 Å². The number of rotatable bonds is 10. The highest BCUT2D eigenvalue weighted by atomic mass is 32.2. The number of aromatic nitrogens is 3. The van der Waals surface area contributed by atoms with Gasteiger partial charge in [-0.05, 0) is 48.7 Å². The molecule has 1 heterocycles. The molecule has 0 aliphatic heterocycles. The molecule has 0 radical (unpaired) electrons. The van der Waals surface area contributed by atoms with Crippen LogP contribution in [-0.2, 0) is 9.53 Å². The summed E-state index contributed by atoms with van der Waals surface area (Å²) < 4.78 is 12.4. The Hall–Kier alpha value is -2.84. The monoisotopic (exact) mass is 454 g/mol. The predicted molar refractivity (Wildman–Crippen MR) is 128 cm³/mol. The van der Waals surface area contributed by atoms with Gasteiger partial charge in [0.25, 0.3) is 0 Å². The Morgan fingerprint density at radius 2 is 1.78 bits per heavy atom. The van der Waals surface area contributed by atoms with Crippen LogP contribution in [0.25, 0.3) is 17.1 Å². The third kappa shape index (κ3) is 5.69. The van der Waals surface area contributed by atoms with Gasteiger partial charge in [-0.15, -0.1) is 10.2 Å².